The summed E-state index contributed by atoms with van der Waals surface area (Å²) < 4.78 is 1.05. The van der Waals surface area contributed by atoms with Gasteiger partial charge < -0.3 is 5.32 Å². The fourth-order valence-corrected chi connectivity index (χ4v) is 2.19. The highest BCUT2D eigenvalue weighted by atomic mass is 32.1. The first-order valence-corrected chi connectivity index (χ1v) is 5.68. The van der Waals surface area contributed by atoms with Crippen LogP contribution in [-0.4, -0.2) is 16.9 Å². The normalized spacial score (nSPS) is 10.9. The van der Waals surface area contributed by atoms with Gasteiger partial charge in [-0.2, -0.15) is 0 Å². The maximum absolute atomic E-state index is 11.8. The fraction of sp³-hybridized carbons (Fsp3) is 0.273. The Morgan fingerprint density at radius 1 is 1.47 bits per heavy atom. The summed E-state index contributed by atoms with van der Waals surface area (Å²) in [5.74, 6) is -0.0542. The van der Waals surface area contributed by atoms with Crippen LogP contribution in [-0.2, 0) is 0 Å². The van der Waals surface area contributed by atoms with E-state index in [4.69, 9.17) is 0 Å². The third-order valence-electron chi connectivity index (χ3n) is 2.05. The van der Waals surface area contributed by atoms with Crippen molar-refractivity contribution >= 4 is 27.3 Å². The molecule has 2 aromatic rings. The van der Waals surface area contributed by atoms with Crippen LogP contribution in [0.1, 0.15) is 24.2 Å². The Labute approximate surface area is 92.1 Å². The minimum Gasteiger partial charge on any atom is -0.350 e. The first kappa shape index (κ1) is 10.1. The van der Waals surface area contributed by atoms with Crippen LogP contribution < -0.4 is 5.32 Å². The molecule has 0 atom stereocenters. The number of hydrogen-bond acceptors (Lipinski definition) is 3. The summed E-state index contributed by atoms with van der Waals surface area (Å²) >= 11 is 1.60. The highest BCUT2D eigenvalue weighted by Crippen LogP contribution is 2.22. The molecule has 4 heteroatoms. The molecule has 2 rings (SSSR count). The van der Waals surface area contributed by atoms with Crippen LogP contribution in [0.3, 0.4) is 0 Å². The molecule has 3 nitrogen and oxygen atoms in total. The zero-order chi connectivity index (χ0) is 10.8. The topological polar surface area (TPSA) is 42.0 Å². The smallest absolute Gasteiger partial charge is 0.253 e. The van der Waals surface area contributed by atoms with Gasteiger partial charge in [0.1, 0.15) is 0 Å². The van der Waals surface area contributed by atoms with Crippen molar-refractivity contribution in [2.75, 3.05) is 0 Å². The highest BCUT2D eigenvalue weighted by molar-refractivity contribution is 7.17. The standard InChI is InChI=1S/C11H12N2OS/c1-7(2)13-11(14)9-5-12-6-10-8(9)3-4-15-10/h3-7H,1-2H3,(H,13,14). The number of nitrogens with zero attached hydrogens (tertiary/aromatic N) is 1. The molecule has 15 heavy (non-hydrogen) atoms. The quantitative estimate of drug-likeness (QED) is 0.844. The van der Waals surface area contributed by atoms with Crippen molar-refractivity contribution in [2.24, 2.45) is 0 Å². The minimum atomic E-state index is -0.0542. The van der Waals surface area contributed by atoms with E-state index in [0.29, 0.717) is 5.56 Å². The molecule has 0 saturated carbocycles. The Morgan fingerprint density at radius 3 is 3.00 bits per heavy atom. The molecule has 0 bridgehead atoms. The summed E-state index contributed by atoms with van der Waals surface area (Å²) in [6, 6.07) is 2.10. The lowest BCUT2D eigenvalue weighted by molar-refractivity contribution is 0.0944. The van der Waals surface area contributed by atoms with E-state index in [1.165, 1.54) is 0 Å². The molecule has 0 radical (unpaired) electrons. The van der Waals surface area contributed by atoms with E-state index < -0.39 is 0 Å². The van der Waals surface area contributed by atoms with Crippen molar-refractivity contribution in [2.45, 2.75) is 19.9 Å². The fourth-order valence-electron chi connectivity index (χ4n) is 1.41. The number of carbonyl (C=O) groups is 1. The van der Waals surface area contributed by atoms with E-state index >= 15 is 0 Å². The summed E-state index contributed by atoms with van der Waals surface area (Å²) in [5.41, 5.74) is 0.655. The predicted molar refractivity (Wildman–Crippen MR) is 62.2 cm³/mol. The number of aromatic nitrogens is 1. The van der Waals surface area contributed by atoms with E-state index in [0.717, 1.165) is 10.1 Å². The molecule has 2 heterocycles. The van der Waals surface area contributed by atoms with Crippen molar-refractivity contribution < 1.29 is 4.79 Å². The van der Waals surface area contributed by atoms with Crippen LogP contribution in [0, 0.1) is 0 Å². The number of pyridine rings is 1. The molecule has 0 aliphatic heterocycles. The lowest BCUT2D eigenvalue weighted by atomic mass is 10.2. The lowest BCUT2D eigenvalue weighted by Crippen LogP contribution is -2.30. The Balaban J connectivity index is 2.42. The van der Waals surface area contributed by atoms with Gasteiger partial charge in [0, 0.05) is 23.8 Å². The third-order valence-corrected chi connectivity index (χ3v) is 2.90. The van der Waals surface area contributed by atoms with Crippen LogP contribution in [0.4, 0.5) is 0 Å². The highest BCUT2D eigenvalue weighted by Gasteiger charge is 2.11. The van der Waals surface area contributed by atoms with Crippen molar-refractivity contribution in [3.63, 3.8) is 0 Å². The molecule has 2 aromatic heterocycles. The van der Waals surface area contributed by atoms with Gasteiger partial charge in [-0.3, -0.25) is 9.78 Å². The van der Waals surface area contributed by atoms with E-state index in [2.05, 4.69) is 10.3 Å². The van der Waals surface area contributed by atoms with Crippen LogP contribution >= 0.6 is 11.3 Å². The molecular weight excluding hydrogens is 208 g/mol. The lowest BCUT2D eigenvalue weighted by Gasteiger charge is -2.08. The average Bonchev–Trinajstić information content (AvgIpc) is 2.63. The molecular formula is C11H12N2OS. The molecule has 0 saturated heterocycles. The van der Waals surface area contributed by atoms with Gasteiger partial charge in [-0.1, -0.05) is 0 Å². The number of hydrogen-bond donors (Lipinski definition) is 1. The second-order valence-corrected chi connectivity index (χ2v) is 4.60. The van der Waals surface area contributed by atoms with Gasteiger partial charge in [-0.25, -0.2) is 0 Å². The number of carbonyl (C=O) groups excluding carboxylic acids is 1. The van der Waals surface area contributed by atoms with Crippen LogP contribution in [0.15, 0.2) is 23.8 Å². The van der Waals surface area contributed by atoms with E-state index in [-0.39, 0.29) is 11.9 Å². The molecule has 0 unspecified atom stereocenters. The van der Waals surface area contributed by atoms with E-state index in [9.17, 15) is 4.79 Å². The summed E-state index contributed by atoms with van der Waals surface area (Å²) in [7, 11) is 0. The molecule has 0 fully saturated rings. The van der Waals surface area contributed by atoms with Gasteiger partial charge in [-0.05, 0) is 25.3 Å². The molecule has 0 aliphatic carbocycles. The molecule has 0 spiro atoms. The van der Waals surface area contributed by atoms with Crippen LogP contribution in [0.5, 0.6) is 0 Å². The molecule has 1 amide bonds. The van der Waals surface area contributed by atoms with Gasteiger partial charge in [0.25, 0.3) is 5.91 Å². The molecule has 0 aliphatic rings. The summed E-state index contributed by atoms with van der Waals surface area (Å²) in [5, 5.41) is 5.82. The molecule has 0 aromatic carbocycles. The van der Waals surface area contributed by atoms with Crippen molar-refractivity contribution in [1.82, 2.24) is 10.3 Å². The van der Waals surface area contributed by atoms with Crippen LogP contribution in [0.25, 0.3) is 10.1 Å². The minimum absolute atomic E-state index is 0.0542. The Bertz CT molecular complexity index is 490. The maximum Gasteiger partial charge on any atom is 0.253 e. The average molecular weight is 220 g/mol. The number of thiophene rings is 1. The first-order valence-electron chi connectivity index (χ1n) is 4.80. The number of fused-ring (bicyclic) bond motifs is 1. The van der Waals surface area contributed by atoms with Gasteiger partial charge in [0.05, 0.1) is 10.3 Å². The van der Waals surface area contributed by atoms with Crippen molar-refractivity contribution in [3.05, 3.63) is 29.4 Å². The zero-order valence-electron chi connectivity index (χ0n) is 8.65. The third kappa shape index (κ3) is 1.99. The number of rotatable bonds is 2. The number of nitrogens with one attached hydrogen (secondary N) is 1. The Kier molecular flexibility index (Phi) is 2.68. The first-order chi connectivity index (χ1) is 7.18. The van der Waals surface area contributed by atoms with Gasteiger partial charge in [0.2, 0.25) is 0 Å². The summed E-state index contributed by atoms with van der Waals surface area (Å²) in [4.78, 5) is 15.9. The molecule has 78 valence electrons. The van der Waals surface area contributed by atoms with Crippen molar-refractivity contribution in [1.29, 1.82) is 0 Å². The predicted octanol–water partition coefficient (Wildman–Crippen LogP) is 2.43. The second-order valence-electron chi connectivity index (χ2n) is 3.65. The Hall–Kier alpha value is -1.42. The van der Waals surface area contributed by atoms with Crippen LogP contribution in [0.2, 0.25) is 0 Å². The van der Waals surface area contributed by atoms with Gasteiger partial charge in [-0.15, -0.1) is 11.3 Å². The summed E-state index contributed by atoms with van der Waals surface area (Å²) in [6.45, 7) is 3.89. The monoisotopic (exact) mass is 220 g/mol. The second kappa shape index (κ2) is 3.98. The van der Waals surface area contributed by atoms with E-state index in [1.807, 2.05) is 25.3 Å². The molecule has 1 N–H and O–H groups in total. The van der Waals surface area contributed by atoms with Crippen molar-refractivity contribution in [3.8, 4) is 0 Å². The SMILES string of the molecule is CC(C)NC(=O)c1cncc2sccc12. The van der Waals surface area contributed by atoms with Gasteiger partial charge >= 0.3 is 0 Å². The van der Waals surface area contributed by atoms with E-state index in [1.54, 1.807) is 23.7 Å². The number of amides is 1. The maximum atomic E-state index is 11.8. The van der Waals surface area contributed by atoms with Gasteiger partial charge in [0.15, 0.2) is 0 Å². The Morgan fingerprint density at radius 2 is 2.27 bits per heavy atom. The summed E-state index contributed by atoms with van der Waals surface area (Å²) in [6.07, 6.45) is 3.40. The zero-order valence-corrected chi connectivity index (χ0v) is 9.47. The largest absolute Gasteiger partial charge is 0.350 e.